The van der Waals surface area contributed by atoms with Crippen LogP contribution >= 0.6 is 11.6 Å². The minimum Gasteiger partial charge on any atom is -0.377 e. The molecule has 3 aromatic rings. The van der Waals surface area contributed by atoms with E-state index in [9.17, 15) is 18.0 Å². The van der Waals surface area contributed by atoms with E-state index < -0.39 is 11.7 Å². The molecule has 8 heteroatoms. The van der Waals surface area contributed by atoms with E-state index >= 15 is 0 Å². The Labute approximate surface area is 158 Å². The van der Waals surface area contributed by atoms with Crippen LogP contribution in [0.3, 0.4) is 0 Å². The van der Waals surface area contributed by atoms with Gasteiger partial charge in [0.25, 0.3) is 5.56 Å². The average Bonchev–Trinajstić information content (AvgIpc) is 2.63. The molecule has 0 bridgehead atoms. The van der Waals surface area contributed by atoms with Gasteiger partial charge in [-0.15, -0.1) is 0 Å². The molecule has 0 radical (unpaired) electrons. The number of anilines is 1. The normalized spacial score (nSPS) is 11.4. The van der Waals surface area contributed by atoms with Gasteiger partial charge < -0.3 is 9.88 Å². The fourth-order valence-electron chi connectivity index (χ4n) is 2.58. The summed E-state index contributed by atoms with van der Waals surface area (Å²) in [6.07, 6.45) is 0.400. The fourth-order valence-corrected chi connectivity index (χ4v) is 2.80. The highest BCUT2D eigenvalue weighted by Crippen LogP contribution is 2.35. The molecule has 1 aromatic carbocycles. The number of alkyl halides is 3. The quantitative estimate of drug-likeness (QED) is 0.690. The molecule has 4 nitrogen and oxygen atoms in total. The number of pyridine rings is 2. The topological polar surface area (TPSA) is 46.9 Å². The molecule has 140 valence electrons. The lowest BCUT2D eigenvalue weighted by atomic mass is 10.1. The van der Waals surface area contributed by atoms with Crippen LogP contribution < -0.4 is 10.9 Å². The number of halogens is 4. The smallest absolute Gasteiger partial charge is 0.377 e. The van der Waals surface area contributed by atoms with Crippen LogP contribution in [0.1, 0.15) is 16.7 Å². The van der Waals surface area contributed by atoms with Crippen molar-refractivity contribution in [1.82, 2.24) is 9.55 Å². The maximum atomic E-state index is 13.0. The summed E-state index contributed by atoms with van der Waals surface area (Å²) in [5.41, 5.74) is 0.424. The van der Waals surface area contributed by atoms with Crippen molar-refractivity contribution < 1.29 is 13.2 Å². The van der Waals surface area contributed by atoms with Crippen LogP contribution in [0.5, 0.6) is 0 Å². The first-order valence-corrected chi connectivity index (χ1v) is 8.40. The third-order valence-electron chi connectivity index (χ3n) is 3.94. The Bertz CT molecular complexity index is 987. The molecule has 0 unspecified atom stereocenters. The summed E-state index contributed by atoms with van der Waals surface area (Å²) in [5.74, 6) is 0. The first-order valence-electron chi connectivity index (χ1n) is 8.02. The van der Waals surface area contributed by atoms with E-state index in [2.05, 4.69) is 10.3 Å². The highest BCUT2D eigenvalue weighted by molar-refractivity contribution is 6.31. The number of hydrogen-bond acceptors (Lipinski definition) is 3. The zero-order chi connectivity index (χ0) is 19.4. The molecule has 0 saturated heterocycles. The van der Waals surface area contributed by atoms with Crippen molar-refractivity contribution in [2.75, 3.05) is 5.32 Å². The lowest BCUT2D eigenvalue weighted by molar-refractivity contribution is -0.137. The number of nitrogens with zero attached hydrogens (tertiary/aromatic N) is 2. The van der Waals surface area contributed by atoms with Crippen molar-refractivity contribution in [3.05, 3.63) is 93.1 Å². The van der Waals surface area contributed by atoms with E-state index in [0.717, 1.165) is 11.6 Å². The summed E-state index contributed by atoms with van der Waals surface area (Å²) >= 11 is 5.62. The van der Waals surface area contributed by atoms with Crippen molar-refractivity contribution in [3.63, 3.8) is 0 Å². The summed E-state index contributed by atoms with van der Waals surface area (Å²) in [7, 11) is 0. The number of aromatic nitrogens is 2. The van der Waals surface area contributed by atoms with E-state index in [1.165, 1.54) is 16.7 Å². The van der Waals surface area contributed by atoms with Crippen LogP contribution in [-0.2, 0) is 19.3 Å². The number of nitrogens with one attached hydrogen (secondary N) is 1. The van der Waals surface area contributed by atoms with Crippen molar-refractivity contribution >= 4 is 17.3 Å². The number of rotatable bonds is 5. The van der Waals surface area contributed by atoms with Gasteiger partial charge in [0, 0.05) is 25.1 Å². The Kier molecular flexibility index (Phi) is 5.51. The lowest BCUT2D eigenvalue weighted by Gasteiger charge is -2.13. The van der Waals surface area contributed by atoms with Crippen LogP contribution in [0.2, 0.25) is 5.02 Å². The molecule has 3 rings (SSSR count). The Morgan fingerprint density at radius 3 is 2.52 bits per heavy atom. The zero-order valence-electron chi connectivity index (χ0n) is 14.0. The molecule has 0 fully saturated rings. The monoisotopic (exact) mass is 393 g/mol. The first-order chi connectivity index (χ1) is 12.8. The highest BCUT2D eigenvalue weighted by Gasteiger charge is 2.33. The van der Waals surface area contributed by atoms with Crippen molar-refractivity contribution in [2.24, 2.45) is 0 Å². The summed E-state index contributed by atoms with van der Waals surface area (Å²) in [4.78, 5) is 16.5. The van der Waals surface area contributed by atoms with Gasteiger partial charge in [-0.25, -0.2) is 0 Å². The zero-order valence-corrected chi connectivity index (χ0v) is 14.8. The molecule has 0 aliphatic rings. The van der Waals surface area contributed by atoms with Crippen LogP contribution in [0.4, 0.5) is 18.9 Å². The second-order valence-electron chi connectivity index (χ2n) is 5.88. The van der Waals surface area contributed by atoms with Crippen molar-refractivity contribution in [2.45, 2.75) is 19.3 Å². The molecule has 2 heterocycles. The maximum Gasteiger partial charge on any atom is 0.417 e. The maximum absolute atomic E-state index is 13.0. The van der Waals surface area contributed by atoms with E-state index in [4.69, 9.17) is 11.6 Å². The van der Waals surface area contributed by atoms with E-state index in [0.29, 0.717) is 17.8 Å². The third kappa shape index (κ3) is 4.68. The minimum absolute atomic E-state index is 0.0642. The molecule has 1 N–H and O–H groups in total. The third-order valence-corrected chi connectivity index (χ3v) is 4.27. The second kappa shape index (κ2) is 7.84. The molecule has 0 spiro atoms. The highest BCUT2D eigenvalue weighted by atomic mass is 35.5. The standard InChI is InChI=1S/C19H15ClF3N3O/c20-16-4-3-14(10-15(16)19(21,22)23)11-25-17-2-1-9-26(18(17)27)12-13-5-7-24-8-6-13/h1-10,25H,11-12H2. The molecule has 0 aliphatic carbocycles. The van der Waals surface area contributed by atoms with Crippen molar-refractivity contribution in [1.29, 1.82) is 0 Å². The van der Waals surface area contributed by atoms with Crippen LogP contribution in [0.25, 0.3) is 0 Å². The van der Waals surface area contributed by atoms with E-state index in [1.54, 1.807) is 42.9 Å². The van der Waals surface area contributed by atoms with Crippen LogP contribution in [-0.4, -0.2) is 9.55 Å². The van der Waals surface area contributed by atoms with Gasteiger partial charge in [-0.1, -0.05) is 17.7 Å². The Hall–Kier alpha value is -2.80. The molecule has 0 amide bonds. The molecular formula is C19H15ClF3N3O. The first kappa shape index (κ1) is 19.0. The van der Waals surface area contributed by atoms with Gasteiger partial charge in [-0.2, -0.15) is 13.2 Å². The lowest BCUT2D eigenvalue weighted by Crippen LogP contribution is -2.23. The van der Waals surface area contributed by atoms with Crippen LogP contribution in [0.15, 0.2) is 65.8 Å². The van der Waals surface area contributed by atoms with Crippen molar-refractivity contribution in [3.8, 4) is 0 Å². The number of benzene rings is 1. The molecule has 0 atom stereocenters. The summed E-state index contributed by atoms with van der Waals surface area (Å²) in [5, 5.41) is 2.54. The predicted molar refractivity (Wildman–Crippen MR) is 97.8 cm³/mol. The van der Waals surface area contributed by atoms with Gasteiger partial charge in [0.15, 0.2) is 0 Å². The van der Waals surface area contributed by atoms with Gasteiger partial charge in [0.1, 0.15) is 5.69 Å². The SMILES string of the molecule is O=c1c(NCc2ccc(Cl)c(C(F)(F)F)c2)cccn1Cc1ccncc1. The summed E-state index contributed by atoms with van der Waals surface area (Å²) in [6.45, 7) is 0.435. The van der Waals surface area contributed by atoms with Gasteiger partial charge in [-0.05, 0) is 47.5 Å². The fraction of sp³-hybridized carbons (Fsp3) is 0.158. The Balaban J connectivity index is 1.77. The minimum atomic E-state index is -4.53. The Morgan fingerprint density at radius 1 is 1.07 bits per heavy atom. The molecule has 0 saturated carbocycles. The predicted octanol–water partition coefficient (Wildman–Crippen LogP) is 4.58. The van der Waals surface area contributed by atoms with Crippen LogP contribution in [0, 0.1) is 0 Å². The largest absolute Gasteiger partial charge is 0.417 e. The Morgan fingerprint density at radius 2 is 1.81 bits per heavy atom. The molecule has 2 aromatic heterocycles. The number of hydrogen-bond donors (Lipinski definition) is 1. The molecule has 0 aliphatic heterocycles. The second-order valence-corrected chi connectivity index (χ2v) is 6.28. The molecule has 27 heavy (non-hydrogen) atoms. The van der Waals surface area contributed by atoms with Gasteiger partial charge in [0.2, 0.25) is 0 Å². The van der Waals surface area contributed by atoms with E-state index in [-0.39, 0.29) is 17.1 Å². The van der Waals surface area contributed by atoms with Gasteiger partial charge in [0.05, 0.1) is 17.1 Å². The van der Waals surface area contributed by atoms with Gasteiger partial charge in [-0.3, -0.25) is 9.78 Å². The summed E-state index contributed by atoms with van der Waals surface area (Å²) < 4.78 is 40.4. The average molecular weight is 394 g/mol. The van der Waals surface area contributed by atoms with E-state index in [1.807, 2.05) is 0 Å². The molecular weight excluding hydrogens is 379 g/mol. The van der Waals surface area contributed by atoms with Gasteiger partial charge >= 0.3 is 6.18 Å². The summed E-state index contributed by atoms with van der Waals surface area (Å²) in [6, 6.07) is 10.6.